The molecule has 2 aliphatic rings. The Morgan fingerprint density at radius 2 is 1.77 bits per heavy atom. The number of ketones is 1. The van der Waals surface area contributed by atoms with E-state index in [4.69, 9.17) is 9.47 Å². The number of aromatic hydroxyl groups is 1. The summed E-state index contributed by atoms with van der Waals surface area (Å²) in [6.07, 6.45) is -0.000524. The highest BCUT2D eigenvalue weighted by atomic mass is 16.5. The van der Waals surface area contributed by atoms with Crippen molar-refractivity contribution in [3.63, 3.8) is 0 Å². The van der Waals surface area contributed by atoms with E-state index in [2.05, 4.69) is 4.90 Å². The van der Waals surface area contributed by atoms with Gasteiger partial charge in [0.05, 0.1) is 30.9 Å². The second-order valence-corrected chi connectivity index (χ2v) is 9.18. The van der Waals surface area contributed by atoms with Gasteiger partial charge in [-0.25, -0.2) is 0 Å². The zero-order valence-corrected chi connectivity index (χ0v) is 20.4. The molecule has 2 N–H and O–H groups in total. The smallest absolute Gasteiger partial charge is 0.295 e. The van der Waals surface area contributed by atoms with E-state index in [0.717, 1.165) is 18.7 Å². The Kier molecular flexibility index (Phi) is 7.42. The van der Waals surface area contributed by atoms with Crippen molar-refractivity contribution in [1.82, 2.24) is 9.80 Å². The van der Waals surface area contributed by atoms with Gasteiger partial charge in [-0.2, -0.15) is 0 Å². The Bertz CT molecular complexity index is 1120. The third-order valence-corrected chi connectivity index (χ3v) is 6.32. The molecule has 2 fully saturated rings. The lowest BCUT2D eigenvalue weighted by Gasteiger charge is -2.31. The molecule has 2 aliphatic heterocycles. The van der Waals surface area contributed by atoms with Gasteiger partial charge in [0.15, 0.2) is 0 Å². The Hall–Kier alpha value is -3.36. The maximum absolute atomic E-state index is 13.2. The number of likely N-dealkylation sites (tertiary alicyclic amines) is 1. The van der Waals surface area contributed by atoms with E-state index in [1.54, 1.807) is 30.3 Å². The molecule has 8 nitrogen and oxygen atoms in total. The monoisotopic (exact) mass is 480 g/mol. The Labute approximate surface area is 205 Å². The standard InChI is InChI=1S/C27H32N2O6/c1-17(2)35-22-9-6-20(16-18(22)3)25(31)23-24(19-4-7-21(30)8-5-19)29(27(33)26(23)32)11-10-28-12-14-34-15-13-28/h4-9,16-17,24,30-31H,10-15H2,1-3H3/b25-23+/t24-/m0/s1. The number of carbonyl (C=O) groups excluding carboxylic acids is 2. The van der Waals surface area contributed by atoms with Gasteiger partial charge in [-0.15, -0.1) is 0 Å². The molecule has 0 aromatic heterocycles. The van der Waals surface area contributed by atoms with E-state index >= 15 is 0 Å². The molecule has 0 spiro atoms. The first-order chi connectivity index (χ1) is 16.8. The number of carbonyl (C=O) groups is 2. The van der Waals surface area contributed by atoms with Crippen LogP contribution >= 0.6 is 0 Å². The van der Waals surface area contributed by atoms with E-state index in [1.165, 1.54) is 17.0 Å². The lowest BCUT2D eigenvalue weighted by Crippen LogP contribution is -2.42. The molecule has 0 bridgehead atoms. The summed E-state index contributed by atoms with van der Waals surface area (Å²) in [6, 6.07) is 10.8. The van der Waals surface area contributed by atoms with Crippen LogP contribution in [0.1, 0.15) is 36.6 Å². The third-order valence-electron chi connectivity index (χ3n) is 6.32. The molecule has 4 rings (SSSR count). The van der Waals surface area contributed by atoms with Crippen molar-refractivity contribution in [2.75, 3.05) is 39.4 Å². The highest BCUT2D eigenvalue weighted by molar-refractivity contribution is 6.46. The van der Waals surface area contributed by atoms with Gasteiger partial charge in [-0.1, -0.05) is 12.1 Å². The minimum Gasteiger partial charge on any atom is -0.508 e. The Morgan fingerprint density at radius 1 is 1.09 bits per heavy atom. The number of aliphatic hydroxyl groups is 1. The zero-order valence-electron chi connectivity index (χ0n) is 20.4. The van der Waals surface area contributed by atoms with E-state index in [9.17, 15) is 19.8 Å². The molecule has 0 saturated carbocycles. The van der Waals surface area contributed by atoms with Gasteiger partial charge in [-0.3, -0.25) is 14.5 Å². The number of aryl methyl sites for hydroxylation is 1. The highest BCUT2D eigenvalue weighted by Gasteiger charge is 2.46. The number of Topliss-reactive ketones (excluding diaryl/α,β-unsaturated/α-hetero) is 1. The van der Waals surface area contributed by atoms with Crippen LogP contribution in [0.25, 0.3) is 5.76 Å². The maximum atomic E-state index is 13.2. The highest BCUT2D eigenvalue weighted by Crippen LogP contribution is 2.40. The Balaban J connectivity index is 1.72. The molecule has 2 aromatic carbocycles. The van der Waals surface area contributed by atoms with Crippen LogP contribution in [-0.2, 0) is 14.3 Å². The quantitative estimate of drug-likeness (QED) is 0.357. The molecular weight excluding hydrogens is 448 g/mol. The molecule has 186 valence electrons. The average Bonchev–Trinajstić information content (AvgIpc) is 3.09. The molecule has 35 heavy (non-hydrogen) atoms. The zero-order chi connectivity index (χ0) is 25.1. The summed E-state index contributed by atoms with van der Waals surface area (Å²) in [6.45, 7) is 9.44. The molecule has 0 unspecified atom stereocenters. The molecule has 8 heteroatoms. The molecule has 1 atom stereocenters. The number of hydrogen-bond acceptors (Lipinski definition) is 7. The maximum Gasteiger partial charge on any atom is 0.295 e. The number of rotatable bonds is 7. The molecule has 2 heterocycles. The van der Waals surface area contributed by atoms with Crippen LogP contribution in [-0.4, -0.2) is 77.2 Å². The second kappa shape index (κ2) is 10.5. The van der Waals surface area contributed by atoms with E-state index in [1.807, 2.05) is 20.8 Å². The van der Waals surface area contributed by atoms with Gasteiger partial charge in [0.25, 0.3) is 11.7 Å². The molecule has 1 amide bonds. The minimum absolute atomic E-state index is 0.000524. The van der Waals surface area contributed by atoms with Gasteiger partial charge in [0, 0.05) is 31.7 Å². The summed E-state index contributed by atoms with van der Waals surface area (Å²) in [5.74, 6) is -0.820. The van der Waals surface area contributed by atoms with Crippen molar-refractivity contribution < 1.29 is 29.3 Å². The third kappa shape index (κ3) is 5.33. The van der Waals surface area contributed by atoms with Crippen molar-refractivity contribution in [3.05, 3.63) is 64.7 Å². The van der Waals surface area contributed by atoms with Gasteiger partial charge in [0.1, 0.15) is 17.3 Å². The number of aliphatic hydroxyl groups excluding tert-OH is 1. The van der Waals surface area contributed by atoms with Crippen LogP contribution in [0, 0.1) is 6.92 Å². The number of morpholine rings is 1. The summed E-state index contributed by atoms with van der Waals surface area (Å²) in [5, 5.41) is 21.1. The SMILES string of the molecule is Cc1cc(/C(O)=C2\C(=O)C(=O)N(CCN3CCOCC3)[C@H]2c2ccc(O)cc2)ccc1OC(C)C. The first-order valence-corrected chi connectivity index (χ1v) is 11.9. The number of ether oxygens (including phenoxy) is 2. The van der Waals surface area contributed by atoms with E-state index in [-0.39, 0.29) is 23.2 Å². The summed E-state index contributed by atoms with van der Waals surface area (Å²) in [5.41, 5.74) is 1.93. The summed E-state index contributed by atoms with van der Waals surface area (Å²) < 4.78 is 11.2. The fraction of sp³-hybridized carbons (Fsp3) is 0.407. The molecular formula is C27H32N2O6. The second-order valence-electron chi connectivity index (χ2n) is 9.18. The number of nitrogens with zero attached hydrogens (tertiary/aromatic N) is 2. The van der Waals surface area contributed by atoms with Crippen molar-refractivity contribution in [3.8, 4) is 11.5 Å². The van der Waals surface area contributed by atoms with E-state index < -0.39 is 17.7 Å². The number of phenolic OH excluding ortho intramolecular Hbond substituents is 1. The topological polar surface area (TPSA) is 99.5 Å². The Morgan fingerprint density at radius 3 is 2.40 bits per heavy atom. The normalized spacial score (nSPS) is 20.6. The fourth-order valence-corrected chi connectivity index (χ4v) is 4.53. The summed E-state index contributed by atoms with van der Waals surface area (Å²) >= 11 is 0. The van der Waals surface area contributed by atoms with E-state index in [0.29, 0.717) is 43.2 Å². The van der Waals surface area contributed by atoms with Crippen LogP contribution in [0.4, 0.5) is 0 Å². The van der Waals surface area contributed by atoms with Gasteiger partial charge in [0.2, 0.25) is 0 Å². The van der Waals surface area contributed by atoms with Crippen molar-refractivity contribution in [2.24, 2.45) is 0 Å². The number of hydrogen-bond donors (Lipinski definition) is 2. The first kappa shape index (κ1) is 24.8. The predicted octanol–water partition coefficient (Wildman–Crippen LogP) is 3.24. The molecule has 0 aliphatic carbocycles. The lowest BCUT2D eigenvalue weighted by molar-refractivity contribution is -0.140. The lowest BCUT2D eigenvalue weighted by atomic mass is 9.94. The van der Waals surface area contributed by atoms with Crippen molar-refractivity contribution >= 4 is 17.4 Å². The van der Waals surface area contributed by atoms with Gasteiger partial charge in [-0.05, 0) is 62.2 Å². The molecule has 2 aromatic rings. The largest absolute Gasteiger partial charge is 0.508 e. The van der Waals surface area contributed by atoms with Crippen LogP contribution in [0.2, 0.25) is 0 Å². The summed E-state index contributed by atoms with van der Waals surface area (Å²) in [7, 11) is 0. The van der Waals surface area contributed by atoms with Crippen LogP contribution in [0.3, 0.4) is 0 Å². The van der Waals surface area contributed by atoms with Gasteiger partial charge < -0.3 is 24.6 Å². The van der Waals surface area contributed by atoms with Crippen LogP contribution in [0.15, 0.2) is 48.0 Å². The van der Waals surface area contributed by atoms with Gasteiger partial charge >= 0.3 is 0 Å². The fourth-order valence-electron chi connectivity index (χ4n) is 4.53. The minimum atomic E-state index is -0.761. The molecule has 2 saturated heterocycles. The van der Waals surface area contributed by atoms with Crippen LogP contribution < -0.4 is 4.74 Å². The van der Waals surface area contributed by atoms with Crippen molar-refractivity contribution in [1.29, 1.82) is 0 Å². The summed E-state index contributed by atoms with van der Waals surface area (Å²) in [4.78, 5) is 30.0. The average molecular weight is 481 g/mol. The first-order valence-electron chi connectivity index (χ1n) is 11.9. The number of phenols is 1. The predicted molar refractivity (Wildman–Crippen MR) is 131 cm³/mol. The van der Waals surface area contributed by atoms with Crippen molar-refractivity contribution in [2.45, 2.75) is 32.9 Å². The van der Waals surface area contributed by atoms with Crippen LogP contribution in [0.5, 0.6) is 11.5 Å². The number of amides is 1. The number of benzene rings is 2. The molecule has 0 radical (unpaired) electrons.